The van der Waals surface area contributed by atoms with Gasteiger partial charge in [0.1, 0.15) is 5.82 Å². The van der Waals surface area contributed by atoms with Crippen LogP contribution in [-0.4, -0.2) is 33.8 Å². The van der Waals surface area contributed by atoms with Gasteiger partial charge >= 0.3 is 0 Å². The quantitative estimate of drug-likeness (QED) is 0.404. The molecule has 0 spiro atoms. The summed E-state index contributed by atoms with van der Waals surface area (Å²) in [6, 6.07) is 14.1. The third-order valence-corrected chi connectivity index (χ3v) is 5.42. The van der Waals surface area contributed by atoms with Crippen molar-refractivity contribution >= 4 is 41.3 Å². The molecule has 1 aliphatic heterocycles. The van der Waals surface area contributed by atoms with Crippen LogP contribution >= 0.6 is 11.6 Å². The third-order valence-electron chi connectivity index (χ3n) is 5.08. The Kier molecular flexibility index (Phi) is 6.57. The highest BCUT2D eigenvalue weighted by Gasteiger charge is 2.22. The lowest BCUT2D eigenvalue weighted by molar-refractivity contribution is 0.477. The fraction of sp³-hybridized carbons (Fsp3) is 0.273. The van der Waals surface area contributed by atoms with E-state index >= 15 is 0 Å². The van der Waals surface area contributed by atoms with Gasteiger partial charge < -0.3 is 10.2 Å². The van der Waals surface area contributed by atoms with Crippen molar-refractivity contribution in [2.45, 2.75) is 32.2 Å². The maximum absolute atomic E-state index is 14.1. The van der Waals surface area contributed by atoms with Crippen LogP contribution in [0.4, 0.5) is 27.9 Å². The summed E-state index contributed by atoms with van der Waals surface area (Å²) in [6.07, 6.45) is 4.91. The minimum absolute atomic E-state index is 0.239. The van der Waals surface area contributed by atoms with E-state index in [9.17, 15) is 4.39 Å². The van der Waals surface area contributed by atoms with Crippen molar-refractivity contribution < 1.29 is 4.39 Å². The fourth-order valence-electron chi connectivity index (χ4n) is 3.42. The summed E-state index contributed by atoms with van der Waals surface area (Å²) in [5, 5.41) is 7.75. The number of hydrogen-bond acceptors (Lipinski definition) is 7. The van der Waals surface area contributed by atoms with Crippen molar-refractivity contribution in [1.29, 1.82) is 0 Å². The van der Waals surface area contributed by atoms with Gasteiger partial charge in [-0.05, 0) is 44.4 Å². The van der Waals surface area contributed by atoms with E-state index in [2.05, 4.69) is 42.6 Å². The van der Waals surface area contributed by atoms with E-state index in [1.165, 1.54) is 12.5 Å². The molecule has 31 heavy (non-hydrogen) atoms. The van der Waals surface area contributed by atoms with Crippen molar-refractivity contribution in [3.05, 3.63) is 64.9 Å². The maximum atomic E-state index is 14.1. The Labute approximate surface area is 185 Å². The first-order valence-electron chi connectivity index (χ1n) is 10.2. The number of halogens is 2. The molecule has 0 bridgehead atoms. The zero-order chi connectivity index (χ0) is 21.6. The number of hydrazone groups is 1. The van der Waals surface area contributed by atoms with Gasteiger partial charge in [-0.25, -0.2) is 9.82 Å². The van der Waals surface area contributed by atoms with Gasteiger partial charge in [-0.1, -0.05) is 41.9 Å². The number of nitrogens with zero attached hydrogens (tertiary/aromatic N) is 5. The van der Waals surface area contributed by atoms with Crippen LogP contribution in [0, 0.1) is 5.82 Å². The molecule has 160 valence electrons. The van der Waals surface area contributed by atoms with Gasteiger partial charge in [-0.2, -0.15) is 20.1 Å². The van der Waals surface area contributed by atoms with E-state index < -0.39 is 0 Å². The number of nitrogens with one attached hydrogen (secondary N) is 2. The van der Waals surface area contributed by atoms with Crippen LogP contribution in [0.2, 0.25) is 5.02 Å². The maximum Gasteiger partial charge on any atom is 0.250 e. The molecule has 2 heterocycles. The molecule has 9 heteroatoms. The smallest absolute Gasteiger partial charge is 0.250 e. The van der Waals surface area contributed by atoms with Gasteiger partial charge in [-0.15, -0.1) is 0 Å². The van der Waals surface area contributed by atoms with E-state index in [0.717, 1.165) is 24.9 Å². The predicted molar refractivity (Wildman–Crippen MR) is 123 cm³/mol. The molecule has 1 saturated heterocycles. The molecule has 0 amide bonds. The van der Waals surface area contributed by atoms with Gasteiger partial charge in [0, 0.05) is 23.2 Å². The normalized spacial score (nSPS) is 16.5. The molecule has 1 atom stereocenters. The standard InChI is InChI=1S/C22H23ClFN7/c1-15-8-6-7-13-31(15)22-28-20(26-19-12-5-4-11-18(19)24)27-21(29-22)30-25-14-16-9-2-3-10-17(16)23/h2-5,9-12,14-15H,6-8,13H2,1H3,(H2,26,27,28,29,30)/b25-14-/t15-/m0/s1. The minimum atomic E-state index is -0.387. The molecular weight excluding hydrogens is 417 g/mol. The second-order valence-electron chi connectivity index (χ2n) is 7.32. The number of rotatable bonds is 6. The molecule has 0 radical (unpaired) electrons. The van der Waals surface area contributed by atoms with Crippen molar-refractivity contribution in [2.24, 2.45) is 5.10 Å². The highest BCUT2D eigenvalue weighted by Crippen LogP contribution is 2.25. The van der Waals surface area contributed by atoms with Crippen molar-refractivity contribution in [3.63, 3.8) is 0 Å². The highest BCUT2D eigenvalue weighted by molar-refractivity contribution is 6.33. The molecule has 1 fully saturated rings. The lowest BCUT2D eigenvalue weighted by Crippen LogP contribution is -2.38. The monoisotopic (exact) mass is 439 g/mol. The molecule has 1 aromatic heterocycles. The second-order valence-corrected chi connectivity index (χ2v) is 7.72. The summed E-state index contributed by atoms with van der Waals surface area (Å²) in [4.78, 5) is 15.6. The van der Waals surface area contributed by atoms with E-state index in [-0.39, 0.29) is 23.4 Å². The highest BCUT2D eigenvalue weighted by atomic mass is 35.5. The van der Waals surface area contributed by atoms with Gasteiger partial charge in [0.2, 0.25) is 17.8 Å². The predicted octanol–water partition coefficient (Wildman–Crippen LogP) is 5.23. The summed E-state index contributed by atoms with van der Waals surface area (Å²) in [6.45, 7) is 3.00. The van der Waals surface area contributed by atoms with E-state index in [1.807, 2.05) is 18.2 Å². The Morgan fingerprint density at radius 3 is 2.65 bits per heavy atom. The lowest BCUT2D eigenvalue weighted by Gasteiger charge is -2.33. The van der Waals surface area contributed by atoms with Crippen molar-refractivity contribution in [3.8, 4) is 0 Å². The first-order chi connectivity index (χ1) is 15.1. The van der Waals surface area contributed by atoms with Gasteiger partial charge in [0.25, 0.3) is 0 Å². The topological polar surface area (TPSA) is 78.3 Å². The summed E-state index contributed by atoms with van der Waals surface area (Å²) in [5.74, 6) is 0.631. The summed E-state index contributed by atoms with van der Waals surface area (Å²) >= 11 is 6.17. The number of piperidine rings is 1. The van der Waals surface area contributed by atoms with Crippen LogP contribution in [0.25, 0.3) is 0 Å². The number of anilines is 4. The average Bonchev–Trinajstić information content (AvgIpc) is 2.77. The Balaban J connectivity index is 1.62. The number of benzene rings is 2. The number of hydrogen-bond donors (Lipinski definition) is 2. The van der Waals surface area contributed by atoms with Crippen LogP contribution in [0.3, 0.4) is 0 Å². The van der Waals surface area contributed by atoms with E-state index in [0.29, 0.717) is 17.0 Å². The summed E-state index contributed by atoms with van der Waals surface area (Å²) in [7, 11) is 0. The fourth-order valence-corrected chi connectivity index (χ4v) is 3.60. The van der Waals surface area contributed by atoms with Crippen molar-refractivity contribution in [1.82, 2.24) is 15.0 Å². The largest absolute Gasteiger partial charge is 0.338 e. The number of aromatic nitrogens is 3. The molecule has 0 unspecified atom stereocenters. The molecule has 4 rings (SSSR count). The first-order valence-corrected chi connectivity index (χ1v) is 10.6. The molecule has 2 aromatic carbocycles. The Hall–Kier alpha value is -3.26. The van der Waals surface area contributed by atoms with Crippen LogP contribution in [0.1, 0.15) is 31.7 Å². The van der Waals surface area contributed by atoms with E-state index in [1.54, 1.807) is 30.5 Å². The average molecular weight is 440 g/mol. The van der Waals surface area contributed by atoms with Gasteiger partial charge in [0.15, 0.2) is 0 Å². The van der Waals surface area contributed by atoms with Crippen LogP contribution in [0.15, 0.2) is 53.6 Å². The zero-order valence-electron chi connectivity index (χ0n) is 17.1. The Bertz CT molecular complexity index is 1080. The summed E-state index contributed by atoms with van der Waals surface area (Å²) < 4.78 is 14.1. The minimum Gasteiger partial charge on any atom is -0.338 e. The SMILES string of the molecule is C[C@H]1CCCCN1c1nc(N/N=C\c2ccccc2Cl)nc(Nc2ccccc2F)n1. The lowest BCUT2D eigenvalue weighted by atomic mass is 10.0. The Morgan fingerprint density at radius 1 is 1.06 bits per heavy atom. The van der Waals surface area contributed by atoms with Crippen LogP contribution in [0.5, 0.6) is 0 Å². The Morgan fingerprint density at radius 2 is 1.84 bits per heavy atom. The third kappa shape index (κ3) is 5.27. The summed E-state index contributed by atoms with van der Waals surface area (Å²) in [5.41, 5.74) is 3.90. The van der Waals surface area contributed by atoms with Crippen LogP contribution < -0.4 is 15.6 Å². The molecule has 0 saturated carbocycles. The van der Waals surface area contributed by atoms with Crippen molar-refractivity contribution in [2.75, 3.05) is 22.2 Å². The zero-order valence-corrected chi connectivity index (χ0v) is 17.8. The van der Waals surface area contributed by atoms with Gasteiger partial charge in [-0.3, -0.25) is 0 Å². The first kappa shape index (κ1) is 21.0. The number of para-hydroxylation sites is 1. The van der Waals surface area contributed by atoms with E-state index in [4.69, 9.17) is 11.6 Å². The molecule has 1 aliphatic rings. The second kappa shape index (κ2) is 9.70. The molecule has 2 N–H and O–H groups in total. The molecular formula is C22H23ClFN7. The van der Waals surface area contributed by atoms with Gasteiger partial charge in [0.05, 0.1) is 11.9 Å². The van der Waals surface area contributed by atoms with Crippen LogP contribution in [-0.2, 0) is 0 Å². The molecule has 7 nitrogen and oxygen atoms in total. The molecule has 0 aliphatic carbocycles. The molecule has 3 aromatic rings.